The summed E-state index contributed by atoms with van der Waals surface area (Å²) in [6.07, 6.45) is -4.00. The Morgan fingerprint density at radius 1 is 1.09 bits per heavy atom. The van der Waals surface area contributed by atoms with Gasteiger partial charge in [-0.3, -0.25) is 14.5 Å². The fourth-order valence-corrected chi connectivity index (χ4v) is 4.14. The minimum Gasteiger partial charge on any atom is -0.440 e. The zero-order valence-corrected chi connectivity index (χ0v) is 17.8. The van der Waals surface area contributed by atoms with Crippen LogP contribution in [0.5, 0.6) is 0 Å². The number of aromatic amines is 1. The van der Waals surface area contributed by atoms with Gasteiger partial charge in [0.25, 0.3) is 5.56 Å². The second-order valence-corrected chi connectivity index (χ2v) is 8.15. The van der Waals surface area contributed by atoms with Crippen molar-refractivity contribution in [3.63, 3.8) is 0 Å². The summed E-state index contributed by atoms with van der Waals surface area (Å²) in [5.41, 5.74) is 6.80. The first-order chi connectivity index (χ1) is 16.2. The van der Waals surface area contributed by atoms with Crippen molar-refractivity contribution in [3.05, 3.63) is 91.5 Å². The lowest BCUT2D eigenvalue weighted by atomic mass is 10.0. The lowest BCUT2D eigenvalue weighted by molar-refractivity contribution is -0.137. The molecule has 34 heavy (non-hydrogen) atoms. The Kier molecular flexibility index (Phi) is 5.24. The molecule has 10 heteroatoms. The van der Waals surface area contributed by atoms with Gasteiger partial charge in [0, 0.05) is 31.6 Å². The van der Waals surface area contributed by atoms with Gasteiger partial charge in [-0.2, -0.15) is 13.2 Å². The van der Waals surface area contributed by atoms with Gasteiger partial charge in [-0.05, 0) is 24.3 Å². The highest BCUT2D eigenvalue weighted by Gasteiger charge is 2.30. The molecule has 0 saturated heterocycles. The molecule has 2 aromatic carbocycles. The third kappa shape index (κ3) is 3.96. The minimum atomic E-state index is -4.44. The molecule has 0 amide bonds. The van der Waals surface area contributed by atoms with Gasteiger partial charge < -0.3 is 15.1 Å². The van der Waals surface area contributed by atoms with Gasteiger partial charge in [0.15, 0.2) is 11.3 Å². The zero-order chi connectivity index (χ0) is 24.0. The molecular formula is C24H19F3N4O3. The van der Waals surface area contributed by atoms with Crippen LogP contribution >= 0.6 is 0 Å². The van der Waals surface area contributed by atoms with Gasteiger partial charge in [0.1, 0.15) is 11.4 Å². The fraction of sp³-hybridized carbons (Fsp3) is 0.208. The number of hydrogen-bond acceptors (Lipinski definition) is 6. The molecule has 1 aliphatic heterocycles. The molecule has 0 radical (unpaired) electrons. The highest BCUT2D eigenvalue weighted by atomic mass is 19.4. The molecule has 0 saturated carbocycles. The molecule has 4 aromatic rings. The Morgan fingerprint density at radius 3 is 2.56 bits per heavy atom. The number of aromatic nitrogens is 2. The molecule has 3 heterocycles. The maximum absolute atomic E-state index is 12.9. The van der Waals surface area contributed by atoms with Gasteiger partial charge in [0.2, 0.25) is 0 Å². The van der Waals surface area contributed by atoms with Crippen molar-refractivity contribution in [2.45, 2.75) is 25.7 Å². The number of fused-ring (bicyclic) bond motifs is 2. The molecule has 2 aromatic heterocycles. The largest absolute Gasteiger partial charge is 0.440 e. The average molecular weight is 468 g/mol. The Hall–Kier alpha value is -3.92. The Balaban J connectivity index is 1.41. The van der Waals surface area contributed by atoms with Crippen LogP contribution in [0, 0.1) is 0 Å². The predicted molar refractivity (Wildman–Crippen MR) is 120 cm³/mol. The number of H-pyrrole nitrogens is 1. The molecular weight excluding hydrogens is 449 g/mol. The second kappa shape index (κ2) is 8.14. The SMILES string of the molecule is Nc1oc2ccccc2c(=O)c1CN1CCc2nc(-c3ccc(C(F)(F)F)cc3)[nH]c(=O)c2C1. The molecule has 0 bridgehead atoms. The highest BCUT2D eigenvalue weighted by molar-refractivity contribution is 5.78. The van der Waals surface area contributed by atoms with Gasteiger partial charge in [-0.15, -0.1) is 0 Å². The molecule has 0 aliphatic carbocycles. The second-order valence-electron chi connectivity index (χ2n) is 8.15. The predicted octanol–water partition coefficient (Wildman–Crippen LogP) is 3.70. The van der Waals surface area contributed by atoms with E-state index >= 15 is 0 Å². The maximum Gasteiger partial charge on any atom is 0.416 e. The van der Waals surface area contributed by atoms with E-state index in [2.05, 4.69) is 9.97 Å². The van der Waals surface area contributed by atoms with E-state index in [0.717, 1.165) is 12.1 Å². The number of hydrogen-bond donors (Lipinski definition) is 2. The molecule has 3 N–H and O–H groups in total. The maximum atomic E-state index is 12.9. The van der Waals surface area contributed by atoms with Crippen LogP contribution in [0.15, 0.2) is 62.5 Å². The van der Waals surface area contributed by atoms with Crippen molar-refractivity contribution in [2.24, 2.45) is 0 Å². The van der Waals surface area contributed by atoms with Gasteiger partial charge >= 0.3 is 6.18 Å². The van der Waals surface area contributed by atoms with E-state index in [-0.39, 0.29) is 35.8 Å². The molecule has 174 valence electrons. The first-order valence-corrected chi connectivity index (χ1v) is 10.5. The number of alkyl halides is 3. The monoisotopic (exact) mass is 468 g/mol. The number of nitrogens with one attached hydrogen (secondary N) is 1. The van der Waals surface area contributed by atoms with Crippen LogP contribution in [0.4, 0.5) is 19.1 Å². The number of para-hydroxylation sites is 1. The number of halogens is 3. The zero-order valence-electron chi connectivity index (χ0n) is 17.8. The van der Waals surface area contributed by atoms with Crippen LogP contribution in [0.1, 0.15) is 22.4 Å². The topological polar surface area (TPSA) is 105 Å². The van der Waals surface area contributed by atoms with Crippen molar-refractivity contribution < 1.29 is 17.6 Å². The molecule has 0 fully saturated rings. The normalized spacial score (nSPS) is 14.3. The number of nitrogens with two attached hydrogens (primary N) is 1. The summed E-state index contributed by atoms with van der Waals surface area (Å²) < 4.78 is 44.1. The highest BCUT2D eigenvalue weighted by Crippen LogP contribution is 2.30. The van der Waals surface area contributed by atoms with Crippen molar-refractivity contribution in [3.8, 4) is 11.4 Å². The fourth-order valence-electron chi connectivity index (χ4n) is 4.14. The first-order valence-electron chi connectivity index (χ1n) is 10.5. The van der Waals surface area contributed by atoms with Crippen LogP contribution in [-0.4, -0.2) is 21.4 Å². The molecule has 0 spiro atoms. The van der Waals surface area contributed by atoms with E-state index < -0.39 is 11.7 Å². The summed E-state index contributed by atoms with van der Waals surface area (Å²) in [4.78, 5) is 34.7. The van der Waals surface area contributed by atoms with Gasteiger partial charge in [-0.25, -0.2) is 4.98 Å². The molecule has 1 aliphatic rings. The number of anilines is 1. The van der Waals surface area contributed by atoms with Crippen LogP contribution < -0.4 is 16.7 Å². The van der Waals surface area contributed by atoms with E-state index in [0.29, 0.717) is 46.3 Å². The van der Waals surface area contributed by atoms with Crippen LogP contribution in [0.25, 0.3) is 22.4 Å². The Morgan fingerprint density at radius 2 is 1.82 bits per heavy atom. The Labute approximate surface area is 190 Å². The van der Waals surface area contributed by atoms with E-state index in [1.807, 2.05) is 4.90 Å². The molecule has 7 nitrogen and oxygen atoms in total. The van der Waals surface area contributed by atoms with Crippen LogP contribution in [0.3, 0.4) is 0 Å². The van der Waals surface area contributed by atoms with Crippen molar-refractivity contribution in [2.75, 3.05) is 12.3 Å². The number of nitrogens with zero attached hydrogens (tertiary/aromatic N) is 2. The quantitative estimate of drug-likeness (QED) is 0.475. The number of nitrogen functional groups attached to an aromatic ring is 1. The average Bonchev–Trinajstić information content (AvgIpc) is 2.81. The lowest BCUT2D eigenvalue weighted by Crippen LogP contribution is -2.36. The number of benzene rings is 2. The minimum absolute atomic E-state index is 0.0409. The summed E-state index contributed by atoms with van der Waals surface area (Å²) in [5.74, 6) is 0.254. The molecule has 0 unspecified atom stereocenters. The summed E-state index contributed by atoms with van der Waals surface area (Å²) in [5, 5.41) is 0.435. The van der Waals surface area contributed by atoms with Gasteiger partial charge in [0.05, 0.1) is 27.8 Å². The van der Waals surface area contributed by atoms with E-state index in [1.165, 1.54) is 12.1 Å². The lowest BCUT2D eigenvalue weighted by Gasteiger charge is -2.27. The Bertz CT molecular complexity index is 1510. The standard InChI is InChI=1S/C24H19F3N4O3/c25-24(26,27)14-7-5-13(6-8-14)22-29-18-9-10-31(11-16(18)23(33)30-22)12-17-20(32)15-3-1-2-4-19(15)34-21(17)28/h1-8H,9-12,28H2,(H,29,30,33). The number of rotatable bonds is 3. The first kappa shape index (κ1) is 21.9. The summed E-state index contributed by atoms with van der Waals surface area (Å²) in [6.45, 7) is 0.969. The van der Waals surface area contributed by atoms with Crippen molar-refractivity contribution in [1.82, 2.24) is 14.9 Å². The van der Waals surface area contributed by atoms with Crippen LogP contribution in [0.2, 0.25) is 0 Å². The van der Waals surface area contributed by atoms with Crippen LogP contribution in [-0.2, 0) is 25.7 Å². The van der Waals surface area contributed by atoms with Crippen molar-refractivity contribution in [1.29, 1.82) is 0 Å². The van der Waals surface area contributed by atoms with Crippen molar-refractivity contribution >= 4 is 16.9 Å². The van der Waals surface area contributed by atoms with E-state index in [4.69, 9.17) is 10.2 Å². The summed E-state index contributed by atoms with van der Waals surface area (Å²) in [7, 11) is 0. The van der Waals surface area contributed by atoms with Gasteiger partial charge in [-0.1, -0.05) is 24.3 Å². The van der Waals surface area contributed by atoms with E-state index in [9.17, 15) is 22.8 Å². The molecule has 5 rings (SSSR count). The molecule has 0 atom stereocenters. The summed E-state index contributed by atoms with van der Waals surface area (Å²) in [6, 6.07) is 11.3. The smallest absolute Gasteiger partial charge is 0.416 e. The van der Waals surface area contributed by atoms with E-state index in [1.54, 1.807) is 24.3 Å². The summed E-state index contributed by atoms with van der Waals surface area (Å²) >= 11 is 0. The third-order valence-electron chi connectivity index (χ3n) is 5.94. The third-order valence-corrected chi connectivity index (χ3v) is 5.94.